The van der Waals surface area contributed by atoms with Gasteiger partial charge >= 0.3 is 5.97 Å². The number of rotatable bonds is 6. The maximum Gasteiger partial charge on any atom is 0.313 e. The zero-order chi connectivity index (χ0) is 15.1. The number of ether oxygens (including phenoxy) is 1. The largest absolute Gasteiger partial charge is 0.465 e. The average Bonchev–Trinajstić information content (AvgIpc) is 2.46. The molecule has 0 saturated carbocycles. The summed E-state index contributed by atoms with van der Waals surface area (Å²) in [5, 5.41) is 0. The SMILES string of the molecule is CC(=O)CC(=O)OCC1CCCN(Cc2ccccc2)C1. The molecular weight excluding hydrogens is 266 g/mol. The Labute approximate surface area is 126 Å². The van der Waals surface area contributed by atoms with Gasteiger partial charge in [-0.2, -0.15) is 0 Å². The van der Waals surface area contributed by atoms with Gasteiger partial charge in [0.25, 0.3) is 0 Å². The third kappa shape index (κ3) is 5.68. The highest BCUT2D eigenvalue weighted by atomic mass is 16.5. The van der Waals surface area contributed by atoms with Crippen LogP contribution in [0.25, 0.3) is 0 Å². The second kappa shape index (κ2) is 7.93. The molecule has 4 nitrogen and oxygen atoms in total. The predicted octanol–water partition coefficient (Wildman–Crippen LogP) is 2.42. The molecule has 0 spiro atoms. The molecule has 1 atom stereocenters. The molecule has 0 radical (unpaired) electrons. The first-order chi connectivity index (χ1) is 10.1. The first-order valence-corrected chi connectivity index (χ1v) is 7.55. The van der Waals surface area contributed by atoms with Gasteiger partial charge in [0, 0.05) is 19.0 Å². The van der Waals surface area contributed by atoms with Crippen molar-refractivity contribution in [1.29, 1.82) is 0 Å². The van der Waals surface area contributed by atoms with Gasteiger partial charge in [-0.1, -0.05) is 30.3 Å². The highest BCUT2D eigenvalue weighted by Crippen LogP contribution is 2.19. The van der Waals surface area contributed by atoms with Gasteiger partial charge in [0.2, 0.25) is 0 Å². The summed E-state index contributed by atoms with van der Waals surface area (Å²) in [6.07, 6.45) is 2.10. The minimum atomic E-state index is -0.400. The molecule has 0 aromatic heterocycles. The molecule has 114 valence electrons. The van der Waals surface area contributed by atoms with E-state index in [0.29, 0.717) is 12.5 Å². The van der Waals surface area contributed by atoms with Crippen LogP contribution in [0.2, 0.25) is 0 Å². The Balaban J connectivity index is 1.75. The Kier molecular flexibility index (Phi) is 5.93. The Morgan fingerprint density at radius 2 is 2.05 bits per heavy atom. The molecule has 1 unspecified atom stereocenters. The minimum absolute atomic E-state index is 0.111. The molecule has 1 saturated heterocycles. The van der Waals surface area contributed by atoms with E-state index in [1.165, 1.54) is 12.5 Å². The van der Waals surface area contributed by atoms with E-state index < -0.39 is 5.97 Å². The summed E-state index contributed by atoms with van der Waals surface area (Å²) in [6, 6.07) is 10.4. The van der Waals surface area contributed by atoms with Crippen LogP contribution in [0.15, 0.2) is 30.3 Å². The zero-order valence-electron chi connectivity index (χ0n) is 12.6. The smallest absolute Gasteiger partial charge is 0.313 e. The molecule has 21 heavy (non-hydrogen) atoms. The molecule has 0 bridgehead atoms. The van der Waals surface area contributed by atoms with Gasteiger partial charge < -0.3 is 4.74 Å². The standard InChI is InChI=1S/C17H23NO3/c1-14(19)10-17(20)21-13-16-8-5-9-18(12-16)11-15-6-3-2-4-7-15/h2-4,6-7,16H,5,8-13H2,1H3. The summed E-state index contributed by atoms with van der Waals surface area (Å²) in [4.78, 5) is 24.7. The molecule has 1 aromatic rings. The Hall–Kier alpha value is -1.68. The number of esters is 1. The Bertz CT molecular complexity index is 472. The summed E-state index contributed by atoms with van der Waals surface area (Å²) in [5.41, 5.74) is 1.31. The number of hydrogen-bond donors (Lipinski definition) is 0. The predicted molar refractivity (Wildman–Crippen MR) is 80.7 cm³/mol. The molecule has 0 N–H and O–H groups in total. The number of piperidine rings is 1. The minimum Gasteiger partial charge on any atom is -0.465 e. The normalized spacial score (nSPS) is 19.2. The first-order valence-electron chi connectivity index (χ1n) is 7.55. The third-order valence-corrected chi connectivity index (χ3v) is 3.73. The van der Waals surface area contributed by atoms with E-state index in [4.69, 9.17) is 4.74 Å². The second-order valence-electron chi connectivity index (χ2n) is 5.79. The monoisotopic (exact) mass is 289 g/mol. The van der Waals surface area contributed by atoms with E-state index in [0.717, 1.165) is 32.5 Å². The number of carbonyl (C=O) groups excluding carboxylic acids is 2. The molecule has 1 aliphatic rings. The van der Waals surface area contributed by atoms with Crippen LogP contribution in [-0.4, -0.2) is 36.3 Å². The van der Waals surface area contributed by atoms with Crippen molar-refractivity contribution >= 4 is 11.8 Å². The molecule has 1 fully saturated rings. The van der Waals surface area contributed by atoms with Crippen LogP contribution < -0.4 is 0 Å². The van der Waals surface area contributed by atoms with Crippen LogP contribution in [0.3, 0.4) is 0 Å². The van der Waals surface area contributed by atoms with Crippen molar-refractivity contribution in [2.45, 2.75) is 32.7 Å². The quantitative estimate of drug-likeness (QED) is 0.596. The highest BCUT2D eigenvalue weighted by Gasteiger charge is 2.21. The van der Waals surface area contributed by atoms with Crippen LogP contribution in [0.4, 0.5) is 0 Å². The molecule has 0 aliphatic carbocycles. The van der Waals surface area contributed by atoms with E-state index in [2.05, 4.69) is 29.2 Å². The van der Waals surface area contributed by atoms with E-state index >= 15 is 0 Å². The van der Waals surface area contributed by atoms with E-state index in [9.17, 15) is 9.59 Å². The Morgan fingerprint density at radius 3 is 2.76 bits per heavy atom. The van der Waals surface area contributed by atoms with E-state index in [1.807, 2.05) is 6.07 Å². The van der Waals surface area contributed by atoms with Crippen LogP contribution in [0.1, 0.15) is 31.7 Å². The van der Waals surface area contributed by atoms with Gasteiger partial charge in [0.15, 0.2) is 0 Å². The fourth-order valence-corrected chi connectivity index (χ4v) is 2.74. The lowest BCUT2D eigenvalue weighted by atomic mass is 9.98. The summed E-state index contributed by atoms with van der Waals surface area (Å²) < 4.78 is 5.20. The maximum atomic E-state index is 11.4. The van der Waals surface area contributed by atoms with Gasteiger partial charge in [0.1, 0.15) is 12.2 Å². The number of benzene rings is 1. The lowest BCUT2D eigenvalue weighted by molar-refractivity contribution is -0.147. The van der Waals surface area contributed by atoms with Crippen molar-refractivity contribution in [2.75, 3.05) is 19.7 Å². The van der Waals surface area contributed by atoms with Gasteiger partial charge in [-0.15, -0.1) is 0 Å². The molecule has 0 amide bonds. The molecular formula is C17H23NO3. The fourth-order valence-electron chi connectivity index (χ4n) is 2.74. The van der Waals surface area contributed by atoms with Crippen molar-refractivity contribution < 1.29 is 14.3 Å². The van der Waals surface area contributed by atoms with Crippen molar-refractivity contribution in [3.05, 3.63) is 35.9 Å². The number of likely N-dealkylation sites (tertiary alicyclic amines) is 1. The van der Waals surface area contributed by atoms with Crippen LogP contribution >= 0.6 is 0 Å². The average molecular weight is 289 g/mol. The van der Waals surface area contributed by atoms with Crippen LogP contribution in [0.5, 0.6) is 0 Å². The van der Waals surface area contributed by atoms with E-state index in [-0.39, 0.29) is 12.2 Å². The number of nitrogens with zero attached hydrogens (tertiary/aromatic N) is 1. The van der Waals surface area contributed by atoms with Crippen molar-refractivity contribution in [2.24, 2.45) is 5.92 Å². The Morgan fingerprint density at radius 1 is 1.29 bits per heavy atom. The molecule has 1 heterocycles. The van der Waals surface area contributed by atoms with E-state index in [1.54, 1.807) is 0 Å². The number of Topliss-reactive ketones (excluding diaryl/α,β-unsaturated/α-hetero) is 1. The number of ketones is 1. The number of carbonyl (C=O) groups is 2. The highest BCUT2D eigenvalue weighted by molar-refractivity contribution is 5.94. The summed E-state index contributed by atoms with van der Waals surface area (Å²) >= 11 is 0. The van der Waals surface area contributed by atoms with Gasteiger partial charge in [0.05, 0.1) is 6.61 Å². The van der Waals surface area contributed by atoms with Crippen LogP contribution in [0, 0.1) is 5.92 Å². The topological polar surface area (TPSA) is 46.6 Å². The van der Waals surface area contributed by atoms with Crippen molar-refractivity contribution in [3.8, 4) is 0 Å². The molecule has 1 aromatic carbocycles. The molecule has 1 aliphatic heterocycles. The first kappa shape index (κ1) is 15.7. The zero-order valence-corrected chi connectivity index (χ0v) is 12.6. The van der Waals surface area contributed by atoms with Gasteiger partial charge in [-0.05, 0) is 31.9 Å². The van der Waals surface area contributed by atoms with Gasteiger partial charge in [-0.25, -0.2) is 0 Å². The molecule has 4 heteroatoms. The number of hydrogen-bond acceptors (Lipinski definition) is 4. The maximum absolute atomic E-state index is 11.4. The third-order valence-electron chi connectivity index (χ3n) is 3.73. The summed E-state index contributed by atoms with van der Waals surface area (Å²) in [5.74, 6) is -0.171. The van der Waals surface area contributed by atoms with Crippen molar-refractivity contribution in [1.82, 2.24) is 4.90 Å². The van der Waals surface area contributed by atoms with Gasteiger partial charge in [-0.3, -0.25) is 14.5 Å². The fraction of sp³-hybridized carbons (Fsp3) is 0.529. The van der Waals surface area contributed by atoms with Crippen molar-refractivity contribution in [3.63, 3.8) is 0 Å². The second-order valence-corrected chi connectivity index (χ2v) is 5.79. The van der Waals surface area contributed by atoms with Crippen LogP contribution in [-0.2, 0) is 20.9 Å². The summed E-state index contributed by atoms with van der Waals surface area (Å²) in [6.45, 7) is 4.81. The summed E-state index contributed by atoms with van der Waals surface area (Å²) in [7, 11) is 0. The molecule has 2 rings (SSSR count). The lowest BCUT2D eigenvalue weighted by Crippen LogP contribution is -2.37. The lowest BCUT2D eigenvalue weighted by Gasteiger charge is -2.32.